The Kier molecular flexibility index (Phi) is 4.07. The Bertz CT molecular complexity index is 434. The quantitative estimate of drug-likeness (QED) is 0.874. The Morgan fingerprint density at radius 3 is 2.79 bits per heavy atom. The highest BCUT2D eigenvalue weighted by Crippen LogP contribution is 2.38. The third-order valence-corrected chi connectivity index (χ3v) is 4.43. The van der Waals surface area contributed by atoms with Crippen LogP contribution in [0.25, 0.3) is 0 Å². The lowest BCUT2D eigenvalue weighted by atomic mass is 9.73. The Hall–Kier alpha value is -1.19. The zero-order valence-electron chi connectivity index (χ0n) is 12.8. The van der Waals surface area contributed by atoms with E-state index < -0.39 is 0 Å². The molecule has 19 heavy (non-hydrogen) atoms. The first kappa shape index (κ1) is 14.2. The van der Waals surface area contributed by atoms with Gasteiger partial charge in [0.15, 0.2) is 0 Å². The Balaban J connectivity index is 2.22. The molecule has 1 aliphatic carbocycles. The maximum Gasteiger partial charge on any atom is 0.148 e. The molecule has 108 valence electrons. The number of nitrogens with one attached hydrogen (secondary N) is 1. The van der Waals surface area contributed by atoms with Gasteiger partial charge in [-0.2, -0.15) is 5.10 Å². The number of aryl methyl sites for hydroxylation is 2. The van der Waals surface area contributed by atoms with E-state index in [1.165, 1.54) is 25.7 Å². The van der Waals surface area contributed by atoms with E-state index in [0.29, 0.717) is 11.5 Å². The second-order valence-corrected chi connectivity index (χ2v) is 6.50. The van der Waals surface area contributed by atoms with E-state index in [2.05, 4.69) is 31.2 Å². The first-order valence-corrected chi connectivity index (χ1v) is 7.55. The molecule has 0 aliphatic heterocycles. The highest BCUT2D eigenvalue weighted by atomic mass is 15.3. The Morgan fingerprint density at radius 2 is 2.16 bits per heavy atom. The van der Waals surface area contributed by atoms with Crippen molar-refractivity contribution in [3.8, 4) is 0 Å². The Morgan fingerprint density at radius 1 is 1.42 bits per heavy atom. The second-order valence-electron chi connectivity index (χ2n) is 6.50. The molecule has 1 saturated carbocycles. The summed E-state index contributed by atoms with van der Waals surface area (Å²) in [4.78, 5) is 0. The summed E-state index contributed by atoms with van der Waals surface area (Å²) in [6, 6.07) is 0.496. The van der Waals surface area contributed by atoms with Crippen molar-refractivity contribution in [2.24, 2.45) is 5.41 Å². The SMILES string of the molecule is CCCn1nc(C)c(N)c1NC1CCCCC1(C)C. The molecule has 1 aromatic heterocycles. The summed E-state index contributed by atoms with van der Waals surface area (Å²) < 4.78 is 2.04. The van der Waals surface area contributed by atoms with Crippen molar-refractivity contribution in [1.82, 2.24) is 9.78 Å². The van der Waals surface area contributed by atoms with Crippen LogP contribution in [0.3, 0.4) is 0 Å². The number of nitrogen functional groups attached to an aromatic ring is 1. The molecule has 1 heterocycles. The van der Waals surface area contributed by atoms with E-state index in [0.717, 1.165) is 30.2 Å². The van der Waals surface area contributed by atoms with Crippen molar-refractivity contribution >= 4 is 11.5 Å². The van der Waals surface area contributed by atoms with Gasteiger partial charge in [0.05, 0.1) is 11.4 Å². The third-order valence-electron chi connectivity index (χ3n) is 4.43. The summed E-state index contributed by atoms with van der Waals surface area (Å²) in [6.45, 7) is 9.79. The second kappa shape index (κ2) is 5.43. The molecule has 0 spiro atoms. The van der Waals surface area contributed by atoms with Crippen LogP contribution in [0.1, 0.15) is 58.6 Å². The predicted molar refractivity (Wildman–Crippen MR) is 81.3 cm³/mol. The number of anilines is 2. The van der Waals surface area contributed by atoms with Gasteiger partial charge in [-0.3, -0.25) is 0 Å². The van der Waals surface area contributed by atoms with E-state index in [4.69, 9.17) is 5.73 Å². The minimum atomic E-state index is 0.333. The molecular weight excluding hydrogens is 236 g/mol. The summed E-state index contributed by atoms with van der Waals surface area (Å²) in [5, 5.41) is 8.23. The van der Waals surface area contributed by atoms with Crippen molar-refractivity contribution < 1.29 is 0 Å². The molecule has 0 amide bonds. The van der Waals surface area contributed by atoms with Gasteiger partial charge < -0.3 is 11.1 Å². The minimum Gasteiger partial charge on any atom is -0.394 e. The normalized spacial score (nSPS) is 22.4. The maximum atomic E-state index is 6.19. The van der Waals surface area contributed by atoms with Gasteiger partial charge in [-0.25, -0.2) is 4.68 Å². The molecule has 0 radical (unpaired) electrons. The number of aromatic nitrogens is 2. The number of rotatable bonds is 4. The smallest absolute Gasteiger partial charge is 0.148 e. The number of nitrogens with two attached hydrogens (primary N) is 1. The summed E-state index contributed by atoms with van der Waals surface area (Å²) in [5.74, 6) is 1.03. The lowest BCUT2D eigenvalue weighted by molar-refractivity contribution is 0.216. The molecule has 1 atom stereocenters. The van der Waals surface area contributed by atoms with Gasteiger partial charge in [0, 0.05) is 12.6 Å². The van der Waals surface area contributed by atoms with Gasteiger partial charge in [0.2, 0.25) is 0 Å². The standard InChI is InChI=1S/C15H28N4/c1-5-10-19-14(13(16)11(2)18-19)17-12-8-6-7-9-15(12,3)4/h12,17H,5-10,16H2,1-4H3. The molecule has 0 bridgehead atoms. The Labute approximate surface area is 116 Å². The van der Waals surface area contributed by atoms with Gasteiger partial charge in [-0.15, -0.1) is 0 Å². The van der Waals surface area contributed by atoms with Gasteiger partial charge in [0.1, 0.15) is 5.82 Å². The van der Waals surface area contributed by atoms with E-state index in [-0.39, 0.29) is 0 Å². The average Bonchev–Trinajstić information content (AvgIpc) is 2.60. The van der Waals surface area contributed by atoms with Gasteiger partial charge >= 0.3 is 0 Å². The zero-order valence-corrected chi connectivity index (χ0v) is 12.8. The van der Waals surface area contributed by atoms with E-state index in [9.17, 15) is 0 Å². The molecule has 1 unspecified atom stereocenters. The fraction of sp³-hybridized carbons (Fsp3) is 0.800. The largest absolute Gasteiger partial charge is 0.394 e. The summed E-state index contributed by atoms with van der Waals surface area (Å²) in [7, 11) is 0. The van der Waals surface area contributed by atoms with Gasteiger partial charge in [0.25, 0.3) is 0 Å². The number of hydrogen-bond acceptors (Lipinski definition) is 3. The van der Waals surface area contributed by atoms with Crippen LogP contribution in [0.15, 0.2) is 0 Å². The predicted octanol–water partition coefficient (Wildman–Crippen LogP) is 3.56. The van der Waals surface area contributed by atoms with Crippen LogP contribution in [0.5, 0.6) is 0 Å². The van der Waals surface area contributed by atoms with Crippen LogP contribution in [0.4, 0.5) is 11.5 Å². The maximum absolute atomic E-state index is 6.19. The fourth-order valence-corrected chi connectivity index (χ4v) is 3.05. The van der Waals surface area contributed by atoms with Crippen LogP contribution in [-0.2, 0) is 6.54 Å². The van der Waals surface area contributed by atoms with Crippen molar-refractivity contribution in [1.29, 1.82) is 0 Å². The van der Waals surface area contributed by atoms with Crippen molar-refractivity contribution in [2.45, 2.75) is 72.4 Å². The summed E-state index contributed by atoms with van der Waals surface area (Å²) in [5.41, 5.74) is 8.28. The molecule has 2 rings (SSSR count). The first-order chi connectivity index (χ1) is 8.95. The average molecular weight is 264 g/mol. The fourth-order valence-electron chi connectivity index (χ4n) is 3.05. The number of hydrogen-bond donors (Lipinski definition) is 2. The lowest BCUT2D eigenvalue weighted by Crippen LogP contribution is -2.39. The van der Waals surface area contributed by atoms with Gasteiger partial charge in [-0.1, -0.05) is 33.6 Å². The zero-order chi connectivity index (χ0) is 14.0. The van der Waals surface area contributed by atoms with Crippen LogP contribution in [0.2, 0.25) is 0 Å². The van der Waals surface area contributed by atoms with Crippen LogP contribution >= 0.6 is 0 Å². The molecule has 1 aromatic rings. The van der Waals surface area contributed by atoms with Crippen molar-refractivity contribution in [2.75, 3.05) is 11.1 Å². The topological polar surface area (TPSA) is 55.9 Å². The third kappa shape index (κ3) is 2.88. The van der Waals surface area contributed by atoms with Gasteiger partial charge in [-0.05, 0) is 31.6 Å². The molecule has 1 aliphatic rings. The molecule has 0 saturated heterocycles. The molecular formula is C15H28N4. The molecule has 4 heteroatoms. The summed E-state index contributed by atoms with van der Waals surface area (Å²) in [6.07, 6.45) is 6.23. The van der Waals surface area contributed by atoms with Crippen LogP contribution in [-0.4, -0.2) is 15.8 Å². The van der Waals surface area contributed by atoms with E-state index >= 15 is 0 Å². The van der Waals surface area contributed by atoms with Crippen molar-refractivity contribution in [3.63, 3.8) is 0 Å². The van der Waals surface area contributed by atoms with Crippen LogP contribution in [0, 0.1) is 12.3 Å². The number of nitrogens with zero attached hydrogens (tertiary/aromatic N) is 2. The highest BCUT2D eigenvalue weighted by Gasteiger charge is 2.33. The monoisotopic (exact) mass is 264 g/mol. The van der Waals surface area contributed by atoms with E-state index in [1.54, 1.807) is 0 Å². The molecule has 4 nitrogen and oxygen atoms in total. The molecule has 3 N–H and O–H groups in total. The molecule has 1 fully saturated rings. The lowest BCUT2D eigenvalue weighted by Gasteiger charge is -2.39. The molecule has 0 aromatic carbocycles. The summed E-state index contributed by atoms with van der Waals surface area (Å²) >= 11 is 0. The minimum absolute atomic E-state index is 0.333. The van der Waals surface area contributed by atoms with Crippen molar-refractivity contribution in [3.05, 3.63) is 5.69 Å². The first-order valence-electron chi connectivity index (χ1n) is 7.55. The van der Waals surface area contributed by atoms with E-state index in [1.807, 2.05) is 11.6 Å². The highest BCUT2D eigenvalue weighted by molar-refractivity contribution is 5.65. The van der Waals surface area contributed by atoms with Crippen LogP contribution < -0.4 is 11.1 Å².